The molecule has 104 valence electrons. The van der Waals surface area contributed by atoms with E-state index in [0.717, 1.165) is 38.0 Å². The normalized spacial score (nSPS) is 21.4. The van der Waals surface area contributed by atoms with Gasteiger partial charge in [0.25, 0.3) is 5.91 Å². The van der Waals surface area contributed by atoms with E-state index in [2.05, 4.69) is 22.8 Å². The van der Waals surface area contributed by atoms with E-state index in [1.165, 1.54) is 11.1 Å². The zero-order valence-corrected chi connectivity index (χ0v) is 11.6. The number of benzene rings is 1. The van der Waals surface area contributed by atoms with Gasteiger partial charge in [-0.3, -0.25) is 4.79 Å². The molecular weight excluding hydrogens is 264 g/mol. The summed E-state index contributed by atoms with van der Waals surface area (Å²) in [6.45, 7) is 2.62. The maximum absolute atomic E-state index is 11.9. The molecule has 2 heterocycles. The van der Waals surface area contributed by atoms with Crippen LogP contribution in [0.1, 0.15) is 24.0 Å². The lowest BCUT2D eigenvalue weighted by molar-refractivity contribution is -0.124. The molecule has 4 nitrogen and oxygen atoms in total. The highest BCUT2D eigenvalue weighted by atomic mass is 35.5. The molecule has 1 saturated heterocycles. The number of ether oxygens (including phenoxy) is 1. The topological polar surface area (TPSA) is 50.4 Å². The fourth-order valence-electron chi connectivity index (χ4n) is 2.57. The van der Waals surface area contributed by atoms with Crippen molar-refractivity contribution in [3.8, 4) is 0 Å². The molecule has 2 aliphatic rings. The lowest BCUT2D eigenvalue weighted by atomic mass is 10.0. The number of amides is 1. The van der Waals surface area contributed by atoms with Crippen molar-refractivity contribution >= 4 is 24.0 Å². The predicted octanol–water partition coefficient (Wildman–Crippen LogP) is 1.87. The highest BCUT2D eigenvalue weighted by Crippen LogP contribution is 2.20. The van der Waals surface area contributed by atoms with Gasteiger partial charge in [0.2, 0.25) is 0 Å². The van der Waals surface area contributed by atoms with Crippen LogP contribution in [0.15, 0.2) is 18.2 Å². The van der Waals surface area contributed by atoms with E-state index >= 15 is 0 Å². The molecule has 0 bridgehead atoms. The lowest BCUT2D eigenvalue weighted by Crippen LogP contribution is -2.27. The summed E-state index contributed by atoms with van der Waals surface area (Å²) >= 11 is 0. The smallest absolute Gasteiger partial charge is 0.253 e. The maximum atomic E-state index is 11.9. The van der Waals surface area contributed by atoms with Gasteiger partial charge in [0.05, 0.1) is 0 Å². The molecule has 1 atom stereocenters. The molecule has 1 fully saturated rings. The predicted molar refractivity (Wildman–Crippen MR) is 76.7 cm³/mol. The van der Waals surface area contributed by atoms with Crippen LogP contribution in [0.4, 0.5) is 5.69 Å². The molecule has 5 heteroatoms. The highest BCUT2D eigenvalue weighted by Gasteiger charge is 2.23. The van der Waals surface area contributed by atoms with Gasteiger partial charge in [-0.2, -0.15) is 0 Å². The Bertz CT molecular complexity index is 459. The third kappa shape index (κ3) is 3.26. The summed E-state index contributed by atoms with van der Waals surface area (Å²) in [6, 6.07) is 6.16. The van der Waals surface area contributed by atoms with E-state index in [4.69, 9.17) is 4.74 Å². The van der Waals surface area contributed by atoms with Gasteiger partial charge >= 0.3 is 0 Å². The summed E-state index contributed by atoms with van der Waals surface area (Å²) in [4.78, 5) is 11.9. The van der Waals surface area contributed by atoms with Crippen molar-refractivity contribution in [2.45, 2.75) is 31.9 Å². The number of anilines is 1. The van der Waals surface area contributed by atoms with E-state index in [1.807, 2.05) is 6.07 Å². The van der Waals surface area contributed by atoms with Crippen molar-refractivity contribution in [3.63, 3.8) is 0 Å². The van der Waals surface area contributed by atoms with Crippen LogP contribution >= 0.6 is 12.4 Å². The second-order valence-corrected chi connectivity index (χ2v) is 4.90. The monoisotopic (exact) mass is 282 g/mol. The summed E-state index contributed by atoms with van der Waals surface area (Å²) in [6.07, 6.45) is 2.61. The van der Waals surface area contributed by atoms with Gasteiger partial charge in [0, 0.05) is 18.8 Å². The second kappa shape index (κ2) is 6.37. The fraction of sp³-hybridized carbons (Fsp3) is 0.500. The van der Waals surface area contributed by atoms with Gasteiger partial charge in [0.15, 0.2) is 0 Å². The molecule has 3 rings (SSSR count). The minimum absolute atomic E-state index is 0. The Labute approximate surface area is 119 Å². The van der Waals surface area contributed by atoms with Crippen molar-refractivity contribution in [2.75, 3.05) is 18.5 Å². The number of halogens is 1. The molecular formula is C14H19ClN2O2. The minimum atomic E-state index is -0.265. The van der Waals surface area contributed by atoms with Crippen molar-refractivity contribution in [2.24, 2.45) is 0 Å². The lowest BCUT2D eigenvalue weighted by Gasteiger charge is -2.18. The van der Waals surface area contributed by atoms with Crippen molar-refractivity contribution in [1.82, 2.24) is 5.32 Å². The average Bonchev–Trinajstić information content (AvgIpc) is 2.92. The molecule has 1 aromatic rings. The summed E-state index contributed by atoms with van der Waals surface area (Å²) in [7, 11) is 0. The number of carbonyl (C=O) groups excluding carboxylic acids is 1. The molecule has 0 aromatic heterocycles. The van der Waals surface area contributed by atoms with Gasteiger partial charge in [-0.1, -0.05) is 6.07 Å². The van der Waals surface area contributed by atoms with E-state index in [1.54, 1.807) is 0 Å². The first-order valence-corrected chi connectivity index (χ1v) is 6.58. The largest absolute Gasteiger partial charge is 0.368 e. The second-order valence-electron chi connectivity index (χ2n) is 4.90. The fourth-order valence-corrected chi connectivity index (χ4v) is 2.57. The summed E-state index contributed by atoms with van der Waals surface area (Å²) in [5.74, 6) is -0.0174. The number of rotatable bonds is 2. The van der Waals surface area contributed by atoms with Crippen LogP contribution in [0.3, 0.4) is 0 Å². The van der Waals surface area contributed by atoms with E-state index in [-0.39, 0.29) is 24.4 Å². The van der Waals surface area contributed by atoms with Gasteiger partial charge in [-0.15, -0.1) is 12.4 Å². The van der Waals surface area contributed by atoms with Crippen molar-refractivity contribution in [1.29, 1.82) is 0 Å². The zero-order chi connectivity index (χ0) is 12.4. The Hall–Kier alpha value is -1.10. The highest BCUT2D eigenvalue weighted by molar-refractivity contribution is 5.94. The van der Waals surface area contributed by atoms with Crippen molar-refractivity contribution in [3.05, 3.63) is 29.3 Å². The first-order valence-electron chi connectivity index (χ1n) is 6.58. The number of hydrogen-bond acceptors (Lipinski definition) is 3. The first kappa shape index (κ1) is 14.3. The third-order valence-electron chi connectivity index (χ3n) is 3.58. The summed E-state index contributed by atoms with van der Waals surface area (Å²) in [5, 5.41) is 6.28. The standard InChI is InChI=1S/C14H18N2O2.ClH/c17-14(13-2-1-7-18-13)16-12-4-3-10-5-6-15-9-11(10)8-12;/h3-4,8,13,15H,1-2,5-7,9H2,(H,16,17);1H/t13-;/m1./s1. The van der Waals surface area contributed by atoms with Crippen LogP contribution in [0.25, 0.3) is 0 Å². The summed E-state index contributed by atoms with van der Waals surface area (Å²) in [5.41, 5.74) is 3.54. The minimum Gasteiger partial charge on any atom is -0.368 e. The average molecular weight is 283 g/mol. The Kier molecular flexibility index (Phi) is 4.80. The van der Waals surface area contributed by atoms with Gasteiger partial charge in [-0.05, 0) is 49.1 Å². The van der Waals surface area contributed by atoms with Crippen molar-refractivity contribution < 1.29 is 9.53 Å². The van der Waals surface area contributed by atoms with Crippen LogP contribution in [0.5, 0.6) is 0 Å². The molecule has 2 N–H and O–H groups in total. The molecule has 0 radical (unpaired) electrons. The molecule has 0 spiro atoms. The molecule has 0 unspecified atom stereocenters. The molecule has 0 aliphatic carbocycles. The Morgan fingerprint density at radius 1 is 1.37 bits per heavy atom. The Morgan fingerprint density at radius 2 is 2.26 bits per heavy atom. The number of fused-ring (bicyclic) bond motifs is 1. The quantitative estimate of drug-likeness (QED) is 0.871. The van der Waals surface area contributed by atoms with Crippen LogP contribution < -0.4 is 10.6 Å². The SMILES string of the molecule is Cl.O=C(Nc1ccc2c(c1)CNCC2)[C@H]1CCCO1. The molecule has 1 aromatic carbocycles. The Balaban J connectivity index is 0.00000133. The number of nitrogens with one attached hydrogen (secondary N) is 2. The first-order chi connectivity index (χ1) is 8.83. The van der Waals surface area contributed by atoms with E-state index in [9.17, 15) is 4.79 Å². The Morgan fingerprint density at radius 3 is 3.05 bits per heavy atom. The van der Waals surface area contributed by atoms with Crippen LogP contribution in [-0.4, -0.2) is 25.2 Å². The van der Waals surface area contributed by atoms with E-state index < -0.39 is 0 Å². The van der Waals surface area contributed by atoms with Crippen LogP contribution in [0, 0.1) is 0 Å². The number of carbonyl (C=O) groups is 1. The summed E-state index contributed by atoms with van der Waals surface area (Å²) < 4.78 is 5.38. The zero-order valence-electron chi connectivity index (χ0n) is 10.8. The molecule has 1 amide bonds. The van der Waals surface area contributed by atoms with E-state index in [0.29, 0.717) is 6.61 Å². The molecule has 2 aliphatic heterocycles. The van der Waals surface area contributed by atoms with Gasteiger partial charge in [-0.25, -0.2) is 0 Å². The maximum Gasteiger partial charge on any atom is 0.253 e. The van der Waals surface area contributed by atoms with Crippen LogP contribution in [0.2, 0.25) is 0 Å². The van der Waals surface area contributed by atoms with Crippen LogP contribution in [-0.2, 0) is 22.5 Å². The molecule has 19 heavy (non-hydrogen) atoms. The van der Waals surface area contributed by atoms with Gasteiger partial charge in [0.1, 0.15) is 6.10 Å². The third-order valence-corrected chi connectivity index (χ3v) is 3.58. The van der Waals surface area contributed by atoms with Gasteiger partial charge < -0.3 is 15.4 Å². The molecule has 0 saturated carbocycles. The number of hydrogen-bond donors (Lipinski definition) is 2.